The van der Waals surface area contributed by atoms with Gasteiger partial charge in [-0.3, -0.25) is 0 Å². The first-order chi connectivity index (χ1) is 12.7. The Balaban J connectivity index is 2.02. The molecule has 0 radical (unpaired) electrons. The van der Waals surface area contributed by atoms with Crippen molar-refractivity contribution in [2.75, 3.05) is 0 Å². The second-order valence-electron chi connectivity index (χ2n) is 7.60. The standard InChI is InChI=1S/C25H28P/c1-4-23-20(3)26(21-13-7-5-8-14-21,22-15-9-6-10-16-22)18-25-19(2)12-11-17-24(23)25/h5-17,20,23H,4,18H2,1-3H3/q+1. The van der Waals surface area contributed by atoms with Gasteiger partial charge in [0.1, 0.15) is 0 Å². The van der Waals surface area contributed by atoms with E-state index >= 15 is 0 Å². The van der Waals surface area contributed by atoms with Crippen LogP contribution in [0.4, 0.5) is 0 Å². The third-order valence-corrected chi connectivity index (χ3v) is 11.4. The van der Waals surface area contributed by atoms with Crippen LogP contribution in [0.15, 0.2) is 78.9 Å². The maximum Gasteiger partial charge on any atom is 0.0998 e. The van der Waals surface area contributed by atoms with E-state index in [-0.39, 0.29) is 0 Å². The van der Waals surface area contributed by atoms with Crippen molar-refractivity contribution in [3.8, 4) is 0 Å². The molecule has 0 nitrogen and oxygen atoms in total. The molecule has 0 fully saturated rings. The number of rotatable bonds is 3. The van der Waals surface area contributed by atoms with E-state index in [2.05, 4.69) is 99.6 Å². The molecule has 0 aliphatic carbocycles. The third kappa shape index (κ3) is 2.63. The Hall–Kier alpha value is -1.91. The molecule has 0 saturated heterocycles. The number of hydrogen-bond acceptors (Lipinski definition) is 0. The average Bonchev–Trinajstić information content (AvgIpc) is 2.69. The highest BCUT2D eigenvalue weighted by atomic mass is 31.2. The minimum atomic E-state index is -1.52. The molecular weight excluding hydrogens is 331 g/mol. The highest BCUT2D eigenvalue weighted by Gasteiger charge is 2.54. The fraction of sp³-hybridized carbons (Fsp3) is 0.280. The first kappa shape index (κ1) is 17.5. The van der Waals surface area contributed by atoms with Crippen molar-refractivity contribution in [2.45, 2.75) is 44.9 Å². The van der Waals surface area contributed by atoms with E-state index in [0.29, 0.717) is 11.6 Å². The lowest BCUT2D eigenvalue weighted by Gasteiger charge is -2.42. The Morgan fingerprint density at radius 3 is 1.92 bits per heavy atom. The maximum atomic E-state index is 2.52. The van der Waals surface area contributed by atoms with Gasteiger partial charge in [-0.05, 0) is 61.2 Å². The zero-order valence-corrected chi connectivity index (χ0v) is 16.9. The monoisotopic (exact) mass is 359 g/mol. The van der Waals surface area contributed by atoms with E-state index in [0.717, 1.165) is 0 Å². The third-order valence-electron chi connectivity index (χ3n) is 6.40. The quantitative estimate of drug-likeness (QED) is 0.499. The Bertz CT molecular complexity index is 843. The lowest BCUT2D eigenvalue weighted by atomic mass is 9.88. The molecule has 4 rings (SSSR count). The van der Waals surface area contributed by atoms with Crippen LogP contribution in [0.1, 0.15) is 42.9 Å². The predicted molar refractivity (Wildman–Crippen MR) is 116 cm³/mol. The Morgan fingerprint density at radius 1 is 0.808 bits per heavy atom. The summed E-state index contributed by atoms with van der Waals surface area (Å²) in [7, 11) is -1.52. The fourth-order valence-corrected chi connectivity index (χ4v) is 10.2. The second-order valence-corrected chi connectivity index (χ2v) is 11.5. The molecule has 2 unspecified atom stereocenters. The van der Waals surface area contributed by atoms with E-state index in [1.54, 1.807) is 21.7 Å². The van der Waals surface area contributed by atoms with E-state index in [1.807, 2.05) is 0 Å². The zero-order chi connectivity index (χ0) is 18.1. The average molecular weight is 359 g/mol. The molecule has 0 spiro atoms. The summed E-state index contributed by atoms with van der Waals surface area (Å²) in [6.07, 6.45) is 2.40. The predicted octanol–water partition coefficient (Wildman–Crippen LogP) is 6.06. The van der Waals surface area contributed by atoms with Crippen LogP contribution >= 0.6 is 7.26 Å². The normalized spacial score (nSPS) is 21.2. The van der Waals surface area contributed by atoms with Gasteiger partial charge < -0.3 is 0 Å². The summed E-state index contributed by atoms with van der Waals surface area (Å²) < 4.78 is 0. The van der Waals surface area contributed by atoms with Crippen LogP contribution in [-0.4, -0.2) is 5.66 Å². The zero-order valence-electron chi connectivity index (χ0n) is 16.0. The maximum absolute atomic E-state index is 2.52. The van der Waals surface area contributed by atoms with Gasteiger partial charge >= 0.3 is 0 Å². The lowest BCUT2D eigenvalue weighted by molar-refractivity contribution is 0.631. The first-order valence-electron chi connectivity index (χ1n) is 9.76. The van der Waals surface area contributed by atoms with Crippen LogP contribution in [0, 0.1) is 6.92 Å². The van der Waals surface area contributed by atoms with Crippen molar-refractivity contribution in [1.82, 2.24) is 0 Å². The topological polar surface area (TPSA) is 0 Å². The summed E-state index contributed by atoms with van der Waals surface area (Å²) in [5.41, 5.74) is 5.33. The molecule has 0 bridgehead atoms. The number of fused-ring (bicyclic) bond motifs is 1. The Labute approximate surface area is 158 Å². The molecule has 0 amide bonds. The molecule has 2 atom stereocenters. The smallest absolute Gasteiger partial charge is 0.0646 e. The first-order valence-corrected chi connectivity index (χ1v) is 11.8. The molecule has 3 aromatic carbocycles. The van der Waals surface area contributed by atoms with Crippen LogP contribution in [0.25, 0.3) is 0 Å². The SMILES string of the molecule is CCC1c2cccc(C)c2C[P+](c2ccccc2)(c2ccccc2)C1C. The molecule has 3 aromatic rings. The molecule has 0 saturated carbocycles. The molecule has 0 N–H and O–H groups in total. The van der Waals surface area contributed by atoms with E-state index in [9.17, 15) is 0 Å². The van der Waals surface area contributed by atoms with E-state index in [1.165, 1.54) is 18.1 Å². The lowest BCUT2D eigenvalue weighted by Crippen LogP contribution is -2.38. The highest BCUT2D eigenvalue weighted by molar-refractivity contribution is 7.89. The van der Waals surface area contributed by atoms with Gasteiger partial charge in [-0.25, -0.2) is 0 Å². The molecule has 132 valence electrons. The molecule has 1 aliphatic heterocycles. The summed E-state index contributed by atoms with van der Waals surface area (Å²) in [6.45, 7) is 7.18. The summed E-state index contributed by atoms with van der Waals surface area (Å²) >= 11 is 0. The highest BCUT2D eigenvalue weighted by Crippen LogP contribution is 2.69. The van der Waals surface area contributed by atoms with Gasteiger partial charge in [0.2, 0.25) is 0 Å². The van der Waals surface area contributed by atoms with Gasteiger partial charge in [-0.15, -0.1) is 0 Å². The van der Waals surface area contributed by atoms with Crippen molar-refractivity contribution >= 4 is 17.9 Å². The molecular formula is C25H28P+. The van der Waals surface area contributed by atoms with Crippen LogP contribution in [0.3, 0.4) is 0 Å². The summed E-state index contributed by atoms with van der Waals surface area (Å²) in [6, 6.07) is 29.7. The van der Waals surface area contributed by atoms with Crippen molar-refractivity contribution in [3.05, 3.63) is 95.6 Å². The van der Waals surface area contributed by atoms with Crippen molar-refractivity contribution in [3.63, 3.8) is 0 Å². The number of benzene rings is 3. The number of aryl methyl sites for hydroxylation is 1. The molecule has 1 heteroatoms. The van der Waals surface area contributed by atoms with E-state index in [4.69, 9.17) is 0 Å². The van der Waals surface area contributed by atoms with Crippen molar-refractivity contribution in [2.24, 2.45) is 0 Å². The van der Waals surface area contributed by atoms with Gasteiger partial charge in [0, 0.05) is 5.92 Å². The van der Waals surface area contributed by atoms with Gasteiger partial charge in [0.05, 0.1) is 29.7 Å². The molecule has 26 heavy (non-hydrogen) atoms. The van der Waals surface area contributed by atoms with Crippen molar-refractivity contribution < 1.29 is 0 Å². The largest absolute Gasteiger partial charge is 0.0998 e. The van der Waals surface area contributed by atoms with Gasteiger partial charge in [-0.2, -0.15) is 0 Å². The Kier molecular flexibility index (Phi) is 4.72. The summed E-state index contributed by atoms with van der Waals surface area (Å²) in [4.78, 5) is 0. The number of hydrogen-bond donors (Lipinski definition) is 0. The summed E-state index contributed by atoms with van der Waals surface area (Å²) in [5, 5.41) is 3.12. The van der Waals surface area contributed by atoms with Crippen LogP contribution in [0.2, 0.25) is 0 Å². The summed E-state index contributed by atoms with van der Waals surface area (Å²) in [5.74, 6) is 0.632. The van der Waals surface area contributed by atoms with E-state index < -0.39 is 7.26 Å². The van der Waals surface area contributed by atoms with Crippen LogP contribution < -0.4 is 10.6 Å². The molecule has 1 heterocycles. The van der Waals surface area contributed by atoms with Gasteiger partial charge in [0.25, 0.3) is 0 Å². The fourth-order valence-electron chi connectivity index (χ4n) is 5.00. The van der Waals surface area contributed by atoms with Crippen LogP contribution in [-0.2, 0) is 6.16 Å². The van der Waals surface area contributed by atoms with Gasteiger partial charge in [0.15, 0.2) is 0 Å². The van der Waals surface area contributed by atoms with Crippen molar-refractivity contribution in [1.29, 1.82) is 0 Å². The second kappa shape index (κ2) is 7.01. The minimum Gasteiger partial charge on any atom is -0.0646 e. The molecule has 1 aliphatic rings. The van der Waals surface area contributed by atoms with Gasteiger partial charge in [-0.1, -0.05) is 61.5 Å². The minimum absolute atomic E-state index is 0.632. The van der Waals surface area contributed by atoms with Crippen LogP contribution in [0.5, 0.6) is 0 Å². The molecule has 0 aromatic heterocycles. The Morgan fingerprint density at radius 2 is 1.38 bits per heavy atom.